The molecule has 0 aliphatic heterocycles. The molecule has 0 atom stereocenters. The maximum Gasteiger partial charge on any atom is 0.284 e. The lowest BCUT2D eigenvalue weighted by Gasteiger charge is -2.00. The van der Waals surface area contributed by atoms with Gasteiger partial charge in [0, 0.05) is 6.07 Å². The van der Waals surface area contributed by atoms with Crippen LogP contribution < -0.4 is 0 Å². The molecule has 0 spiro atoms. The number of nitriles is 1. The highest BCUT2D eigenvalue weighted by atomic mass is 127. The van der Waals surface area contributed by atoms with Crippen molar-refractivity contribution < 1.29 is 9.72 Å². The second-order valence-electron chi connectivity index (χ2n) is 2.50. The van der Waals surface area contributed by atoms with E-state index in [9.17, 15) is 14.9 Å². The Kier molecular flexibility index (Phi) is 3.60. The zero-order valence-electron chi connectivity index (χ0n) is 7.03. The zero-order chi connectivity index (χ0) is 11.6. The lowest BCUT2D eigenvalue weighted by Crippen LogP contribution is -2.00. The maximum atomic E-state index is 10.9. The van der Waals surface area contributed by atoms with Crippen LogP contribution >= 0.6 is 34.2 Å². The third-order valence-corrected chi connectivity index (χ3v) is 2.93. The SMILES string of the molecule is N#Cc1cc(C(=O)Cl)c(I)c([N+](=O)[O-])c1. The fourth-order valence-electron chi connectivity index (χ4n) is 0.950. The van der Waals surface area contributed by atoms with Gasteiger partial charge in [0.2, 0.25) is 0 Å². The summed E-state index contributed by atoms with van der Waals surface area (Å²) in [6.45, 7) is 0. The Bertz CT molecular complexity index is 460. The summed E-state index contributed by atoms with van der Waals surface area (Å²) in [5.74, 6) is 0. The number of halogens is 2. The molecule has 0 N–H and O–H groups in total. The fraction of sp³-hybridized carbons (Fsp3) is 0. The highest BCUT2D eigenvalue weighted by Crippen LogP contribution is 2.27. The molecule has 0 fully saturated rings. The van der Waals surface area contributed by atoms with Crippen molar-refractivity contribution in [2.45, 2.75) is 0 Å². The molecule has 0 aromatic heterocycles. The van der Waals surface area contributed by atoms with Crippen molar-refractivity contribution in [2.24, 2.45) is 0 Å². The van der Waals surface area contributed by atoms with Gasteiger partial charge >= 0.3 is 0 Å². The predicted octanol–water partition coefficient (Wildman–Crippen LogP) is 2.45. The van der Waals surface area contributed by atoms with Crippen LogP contribution in [-0.2, 0) is 0 Å². The predicted molar refractivity (Wildman–Crippen MR) is 60.7 cm³/mol. The minimum Gasteiger partial charge on any atom is -0.276 e. The Morgan fingerprint density at radius 2 is 2.20 bits per heavy atom. The van der Waals surface area contributed by atoms with Gasteiger partial charge in [0.25, 0.3) is 10.9 Å². The molecule has 76 valence electrons. The first-order valence-electron chi connectivity index (χ1n) is 3.55. The van der Waals surface area contributed by atoms with Gasteiger partial charge in [-0.25, -0.2) is 0 Å². The smallest absolute Gasteiger partial charge is 0.276 e. The second-order valence-corrected chi connectivity index (χ2v) is 3.92. The van der Waals surface area contributed by atoms with Crippen LogP contribution in [0.25, 0.3) is 0 Å². The molecule has 0 unspecified atom stereocenters. The molecule has 1 aromatic carbocycles. The Labute approximate surface area is 103 Å². The van der Waals surface area contributed by atoms with E-state index in [1.54, 1.807) is 28.7 Å². The van der Waals surface area contributed by atoms with Gasteiger partial charge in [-0.05, 0) is 40.3 Å². The molecule has 7 heteroatoms. The minimum absolute atomic E-state index is 0.0250. The molecule has 0 aliphatic carbocycles. The van der Waals surface area contributed by atoms with Crippen LogP contribution in [0.1, 0.15) is 15.9 Å². The number of benzene rings is 1. The molecule has 1 aromatic rings. The number of hydrogen-bond donors (Lipinski definition) is 0. The van der Waals surface area contributed by atoms with Crippen LogP contribution in [0.3, 0.4) is 0 Å². The van der Waals surface area contributed by atoms with Crippen LogP contribution in [0.15, 0.2) is 12.1 Å². The third kappa shape index (κ3) is 2.43. The molecule has 0 radical (unpaired) electrons. The highest BCUT2D eigenvalue weighted by Gasteiger charge is 2.20. The number of carbonyl (C=O) groups is 1. The molecule has 0 heterocycles. The molecule has 5 nitrogen and oxygen atoms in total. The Balaban J connectivity index is 3.56. The monoisotopic (exact) mass is 336 g/mol. The molecule has 15 heavy (non-hydrogen) atoms. The summed E-state index contributed by atoms with van der Waals surface area (Å²) in [5.41, 5.74) is -0.284. The standard InChI is InChI=1S/C8H2ClIN2O3/c9-8(13)5-1-4(3-11)2-6(7(5)10)12(14)15/h1-2H. The van der Waals surface area contributed by atoms with Crippen molar-refractivity contribution in [1.82, 2.24) is 0 Å². The first-order valence-corrected chi connectivity index (χ1v) is 5.01. The number of nitro groups is 1. The molecule has 0 bridgehead atoms. The molecule has 0 saturated heterocycles. The van der Waals surface area contributed by atoms with Gasteiger partial charge in [-0.1, -0.05) is 0 Å². The molecular formula is C8H2ClIN2O3. The minimum atomic E-state index is -0.820. The average Bonchev–Trinajstić information content (AvgIpc) is 2.17. The van der Waals surface area contributed by atoms with Crippen molar-refractivity contribution in [3.63, 3.8) is 0 Å². The van der Waals surface area contributed by atoms with E-state index in [1.165, 1.54) is 6.07 Å². The van der Waals surface area contributed by atoms with Gasteiger partial charge in [0.15, 0.2) is 0 Å². The van der Waals surface area contributed by atoms with Gasteiger partial charge in [0.05, 0.1) is 22.1 Å². The lowest BCUT2D eigenvalue weighted by molar-refractivity contribution is -0.385. The quantitative estimate of drug-likeness (QED) is 0.359. The van der Waals surface area contributed by atoms with Gasteiger partial charge in [0.1, 0.15) is 3.57 Å². The topological polar surface area (TPSA) is 84.0 Å². The summed E-state index contributed by atoms with van der Waals surface area (Å²) in [6.07, 6.45) is 0. The lowest BCUT2D eigenvalue weighted by atomic mass is 10.1. The van der Waals surface area contributed by atoms with Crippen LogP contribution in [0.5, 0.6) is 0 Å². The third-order valence-electron chi connectivity index (χ3n) is 1.59. The van der Waals surface area contributed by atoms with Crippen LogP contribution in [-0.4, -0.2) is 10.2 Å². The highest BCUT2D eigenvalue weighted by molar-refractivity contribution is 14.1. The summed E-state index contributed by atoms with van der Waals surface area (Å²) in [4.78, 5) is 20.9. The van der Waals surface area contributed by atoms with Crippen molar-refractivity contribution in [1.29, 1.82) is 5.26 Å². The van der Waals surface area contributed by atoms with Crippen LogP contribution in [0.2, 0.25) is 0 Å². The summed E-state index contributed by atoms with van der Waals surface area (Å²) >= 11 is 6.89. The average molecular weight is 336 g/mol. The Hall–Kier alpha value is -1.20. The van der Waals surface area contributed by atoms with E-state index in [0.29, 0.717) is 0 Å². The van der Waals surface area contributed by atoms with Crippen molar-refractivity contribution in [2.75, 3.05) is 0 Å². The maximum absolute atomic E-state index is 10.9. The molecule has 0 amide bonds. The molecule has 0 saturated carbocycles. The number of nitro benzene ring substituents is 1. The Morgan fingerprint density at radius 1 is 1.60 bits per heavy atom. The first-order chi connectivity index (χ1) is 6.97. The summed E-state index contributed by atoms with van der Waals surface area (Å²) in [7, 11) is 0. The van der Waals surface area contributed by atoms with E-state index in [2.05, 4.69) is 0 Å². The summed E-state index contributed by atoms with van der Waals surface area (Å²) in [5, 5.41) is 18.4. The number of rotatable bonds is 2. The largest absolute Gasteiger partial charge is 0.284 e. The van der Waals surface area contributed by atoms with E-state index in [-0.39, 0.29) is 20.4 Å². The van der Waals surface area contributed by atoms with Gasteiger partial charge in [-0.2, -0.15) is 5.26 Å². The van der Waals surface area contributed by atoms with Gasteiger partial charge in [-0.15, -0.1) is 0 Å². The van der Waals surface area contributed by atoms with E-state index in [0.717, 1.165) is 6.07 Å². The van der Waals surface area contributed by atoms with E-state index in [1.807, 2.05) is 0 Å². The van der Waals surface area contributed by atoms with E-state index < -0.39 is 10.2 Å². The van der Waals surface area contributed by atoms with Gasteiger partial charge in [-0.3, -0.25) is 14.9 Å². The zero-order valence-corrected chi connectivity index (χ0v) is 9.94. The normalized spacial score (nSPS) is 9.40. The van der Waals surface area contributed by atoms with Crippen molar-refractivity contribution in [3.8, 4) is 6.07 Å². The first kappa shape index (κ1) is 11.9. The second kappa shape index (κ2) is 4.55. The number of hydrogen-bond acceptors (Lipinski definition) is 4. The number of carbonyl (C=O) groups excluding carboxylic acids is 1. The van der Waals surface area contributed by atoms with Gasteiger partial charge < -0.3 is 0 Å². The van der Waals surface area contributed by atoms with E-state index in [4.69, 9.17) is 16.9 Å². The van der Waals surface area contributed by atoms with Crippen molar-refractivity contribution >= 4 is 45.1 Å². The molecule has 1 rings (SSSR count). The Morgan fingerprint density at radius 3 is 2.60 bits per heavy atom. The summed E-state index contributed by atoms with van der Waals surface area (Å²) < 4.78 is 0.136. The van der Waals surface area contributed by atoms with Crippen molar-refractivity contribution in [3.05, 3.63) is 36.9 Å². The summed E-state index contributed by atoms with van der Waals surface area (Å²) in [6, 6.07) is 4.05. The number of nitrogens with zero attached hydrogens (tertiary/aromatic N) is 2. The van der Waals surface area contributed by atoms with Crippen LogP contribution in [0, 0.1) is 25.0 Å². The molecular weight excluding hydrogens is 334 g/mol. The van der Waals surface area contributed by atoms with Crippen LogP contribution in [0.4, 0.5) is 5.69 Å². The van der Waals surface area contributed by atoms with E-state index >= 15 is 0 Å². The fourth-order valence-corrected chi connectivity index (χ4v) is 2.01. The molecule has 0 aliphatic rings.